The summed E-state index contributed by atoms with van der Waals surface area (Å²) in [4.78, 5) is 13.6. The quantitative estimate of drug-likeness (QED) is 0.627. The molecule has 1 amide bonds. The van der Waals surface area contributed by atoms with E-state index >= 15 is 0 Å². The van der Waals surface area contributed by atoms with Crippen LogP contribution in [0.4, 0.5) is 0 Å². The summed E-state index contributed by atoms with van der Waals surface area (Å²) < 4.78 is 0. The zero-order valence-electron chi connectivity index (χ0n) is 9.32. The number of unbranched alkanes of at least 4 members (excludes halogenated alkanes) is 2. The fourth-order valence-corrected chi connectivity index (χ4v) is 1.96. The van der Waals surface area contributed by atoms with Crippen molar-refractivity contribution in [3.05, 3.63) is 0 Å². The summed E-state index contributed by atoms with van der Waals surface area (Å²) >= 11 is 0. The molecule has 4 heteroatoms. The fourth-order valence-electron chi connectivity index (χ4n) is 1.96. The van der Waals surface area contributed by atoms with Crippen LogP contribution in [-0.4, -0.2) is 42.2 Å². The first-order valence-electron chi connectivity index (χ1n) is 5.86. The highest BCUT2D eigenvalue weighted by atomic mass is 16.3. The predicted octanol–water partition coefficient (Wildman–Crippen LogP) is 0.346. The van der Waals surface area contributed by atoms with Crippen LogP contribution in [0.3, 0.4) is 0 Å². The van der Waals surface area contributed by atoms with Gasteiger partial charge < -0.3 is 15.7 Å². The van der Waals surface area contributed by atoms with Crippen LogP contribution in [0.2, 0.25) is 0 Å². The minimum atomic E-state index is 0.205. The Labute approximate surface area is 91.4 Å². The van der Waals surface area contributed by atoms with Crippen molar-refractivity contribution in [2.75, 3.05) is 26.2 Å². The summed E-state index contributed by atoms with van der Waals surface area (Å²) in [6, 6.07) is 0. The predicted molar refractivity (Wildman–Crippen MR) is 59.3 cm³/mol. The molecule has 1 unspecified atom stereocenters. The van der Waals surface area contributed by atoms with Crippen molar-refractivity contribution in [1.82, 2.24) is 4.90 Å². The minimum Gasteiger partial charge on any atom is -0.396 e. The highest BCUT2D eigenvalue weighted by Gasteiger charge is 2.24. The largest absolute Gasteiger partial charge is 0.396 e. The number of aliphatic hydroxyl groups is 1. The van der Waals surface area contributed by atoms with Crippen LogP contribution in [0.25, 0.3) is 0 Å². The second-order valence-corrected chi connectivity index (χ2v) is 4.28. The number of aliphatic hydroxyl groups excluding tert-OH is 1. The van der Waals surface area contributed by atoms with E-state index in [1.54, 1.807) is 0 Å². The molecule has 1 heterocycles. The van der Waals surface area contributed by atoms with Crippen molar-refractivity contribution < 1.29 is 9.90 Å². The molecule has 0 saturated carbocycles. The van der Waals surface area contributed by atoms with E-state index in [0.29, 0.717) is 18.9 Å². The number of amides is 1. The SMILES string of the molecule is NCCCCCC(=O)N1CCC(CO)C1. The number of nitrogens with two attached hydrogens (primary N) is 1. The van der Waals surface area contributed by atoms with Gasteiger partial charge in [0, 0.05) is 32.0 Å². The molecular formula is C11H22N2O2. The molecule has 0 aromatic carbocycles. The molecule has 1 atom stereocenters. The van der Waals surface area contributed by atoms with Gasteiger partial charge in [-0.15, -0.1) is 0 Å². The maximum Gasteiger partial charge on any atom is 0.222 e. The van der Waals surface area contributed by atoms with Gasteiger partial charge in [-0.25, -0.2) is 0 Å². The fraction of sp³-hybridized carbons (Fsp3) is 0.909. The normalized spacial score (nSPS) is 20.9. The van der Waals surface area contributed by atoms with Crippen molar-refractivity contribution >= 4 is 5.91 Å². The van der Waals surface area contributed by atoms with Crippen LogP contribution in [0.15, 0.2) is 0 Å². The first-order chi connectivity index (χ1) is 7.27. The molecule has 0 spiro atoms. The number of carbonyl (C=O) groups excluding carboxylic acids is 1. The Morgan fingerprint density at radius 2 is 2.20 bits per heavy atom. The van der Waals surface area contributed by atoms with Crippen LogP contribution in [0.5, 0.6) is 0 Å². The summed E-state index contributed by atoms with van der Waals surface area (Å²) in [6.07, 6.45) is 4.57. The molecule has 15 heavy (non-hydrogen) atoms. The molecule has 1 aliphatic rings. The summed E-state index contributed by atoms with van der Waals surface area (Å²) in [7, 11) is 0. The number of likely N-dealkylation sites (tertiary alicyclic amines) is 1. The molecule has 1 aliphatic heterocycles. The lowest BCUT2D eigenvalue weighted by Gasteiger charge is -2.15. The van der Waals surface area contributed by atoms with E-state index in [1.165, 1.54) is 0 Å². The van der Waals surface area contributed by atoms with E-state index in [0.717, 1.165) is 38.8 Å². The Hall–Kier alpha value is -0.610. The second kappa shape index (κ2) is 6.80. The minimum absolute atomic E-state index is 0.205. The summed E-state index contributed by atoms with van der Waals surface area (Å²) in [6.45, 7) is 2.48. The van der Waals surface area contributed by atoms with E-state index in [2.05, 4.69) is 0 Å². The number of hydrogen-bond acceptors (Lipinski definition) is 3. The molecule has 0 aromatic rings. The maximum absolute atomic E-state index is 11.7. The van der Waals surface area contributed by atoms with Gasteiger partial charge in [-0.2, -0.15) is 0 Å². The first kappa shape index (κ1) is 12.5. The third-order valence-corrected chi connectivity index (χ3v) is 2.99. The van der Waals surface area contributed by atoms with Gasteiger partial charge in [0.1, 0.15) is 0 Å². The molecule has 1 fully saturated rings. The number of rotatable bonds is 6. The van der Waals surface area contributed by atoms with Gasteiger partial charge in [0.15, 0.2) is 0 Å². The first-order valence-corrected chi connectivity index (χ1v) is 5.86. The Morgan fingerprint density at radius 3 is 2.80 bits per heavy atom. The third-order valence-electron chi connectivity index (χ3n) is 2.99. The van der Waals surface area contributed by atoms with E-state index in [4.69, 9.17) is 10.8 Å². The van der Waals surface area contributed by atoms with Crippen molar-refractivity contribution in [1.29, 1.82) is 0 Å². The van der Waals surface area contributed by atoms with E-state index in [1.807, 2.05) is 4.90 Å². The number of hydrogen-bond donors (Lipinski definition) is 2. The van der Waals surface area contributed by atoms with Gasteiger partial charge in [0.05, 0.1) is 0 Å². The van der Waals surface area contributed by atoms with E-state index in [-0.39, 0.29) is 12.5 Å². The molecule has 1 rings (SSSR count). The van der Waals surface area contributed by atoms with Gasteiger partial charge in [-0.3, -0.25) is 4.79 Å². The highest BCUT2D eigenvalue weighted by molar-refractivity contribution is 5.76. The zero-order valence-corrected chi connectivity index (χ0v) is 9.32. The summed E-state index contributed by atoms with van der Waals surface area (Å²) in [5.74, 6) is 0.543. The van der Waals surface area contributed by atoms with Crippen molar-refractivity contribution in [3.8, 4) is 0 Å². The average molecular weight is 214 g/mol. The molecule has 0 radical (unpaired) electrons. The summed E-state index contributed by atoms with van der Waals surface area (Å²) in [5.41, 5.74) is 5.38. The Balaban J connectivity index is 2.12. The lowest BCUT2D eigenvalue weighted by atomic mass is 10.1. The van der Waals surface area contributed by atoms with Crippen LogP contribution in [0, 0.1) is 5.92 Å². The van der Waals surface area contributed by atoms with Crippen LogP contribution in [0.1, 0.15) is 32.1 Å². The Morgan fingerprint density at radius 1 is 1.40 bits per heavy atom. The molecule has 88 valence electrons. The number of nitrogens with zero attached hydrogens (tertiary/aromatic N) is 1. The van der Waals surface area contributed by atoms with Gasteiger partial charge >= 0.3 is 0 Å². The topological polar surface area (TPSA) is 66.6 Å². The monoisotopic (exact) mass is 214 g/mol. The van der Waals surface area contributed by atoms with Crippen molar-refractivity contribution in [2.24, 2.45) is 11.7 Å². The van der Waals surface area contributed by atoms with E-state index in [9.17, 15) is 4.79 Å². The molecule has 0 aromatic heterocycles. The standard InChI is InChI=1S/C11H22N2O2/c12-6-3-1-2-4-11(15)13-7-5-10(8-13)9-14/h10,14H,1-9,12H2. The zero-order chi connectivity index (χ0) is 11.1. The van der Waals surface area contributed by atoms with E-state index < -0.39 is 0 Å². The van der Waals surface area contributed by atoms with Gasteiger partial charge in [0.2, 0.25) is 5.91 Å². The molecule has 0 aliphatic carbocycles. The molecule has 4 nitrogen and oxygen atoms in total. The lowest BCUT2D eigenvalue weighted by molar-refractivity contribution is -0.130. The van der Waals surface area contributed by atoms with Crippen LogP contribution in [-0.2, 0) is 4.79 Å². The van der Waals surface area contributed by atoms with Gasteiger partial charge in [-0.05, 0) is 25.8 Å². The average Bonchev–Trinajstić information content (AvgIpc) is 2.72. The molecule has 0 bridgehead atoms. The highest BCUT2D eigenvalue weighted by Crippen LogP contribution is 2.16. The van der Waals surface area contributed by atoms with Crippen molar-refractivity contribution in [2.45, 2.75) is 32.1 Å². The smallest absolute Gasteiger partial charge is 0.222 e. The molecule has 1 saturated heterocycles. The number of carbonyl (C=O) groups is 1. The lowest BCUT2D eigenvalue weighted by Crippen LogP contribution is -2.28. The second-order valence-electron chi connectivity index (χ2n) is 4.28. The summed E-state index contributed by atoms with van der Waals surface area (Å²) in [5, 5.41) is 8.96. The van der Waals surface area contributed by atoms with Crippen LogP contribution >= 0.6 is 0 Å². The Bertz CT molecular complexity index is 197. The van der Waals surface area contributed by atoms with Gasteiger partial charge in [-0.1, -0.05) is 6.42 Å². The van der Waals surface area contributed by atoms with Gasteiger partial charge in [0.25, 0.3) is 0 Å². The van der Waals surface area contributed by atoms with Crippen LogP contribution < -0.4 is 5.73 Å². The Kier molecular flexibility index (Phi) is 5.65. The molecule has 3 N–H and O–H groups in total. The molecular weight excluding hydrogens is 192 g/mol. The third kappa shape index (κ3) is 4.18. The van der Waals surface area contributed by atoms with Crippen molar-refractivity contribution in [3.63, 3.8) is 0 Å². The maximum atomic E-state index is 11.7.